The number of ketones is 1. The molecule has 1 aromatic rings. The molecular weight excluding hydrogens is 335 g/mol. The highest BCUT2D eigenvalue weighted by Gasteiger charge is 2.32. The quantitative estimate of drug-likeness (QED) is 0.849. The van der Waals surface area contributed by atoms with Gasteiger partial charge in [0, 0.05) is 45.0 Å². The van der Waals surface area contributed by atoms with Crippen molar-refractivity contribution >= 4 is 5.78 Å². The highest BCUT2D eigenvalue weighted by Crippen LogP contribution is 2.21. The van der Waals surface area contributed by atoms with Crippen molar-refractivity contribution in [3.63, 3.8) is 0 Å². The van der Waals surface area contributed by atoms with Gasteiger partial charge < -0.3 is 19.9 Å². The largest absolute Gasteiger partial charge is 0.378 e. The van der Waals surface area contributed by atoms with Gasteiger partial charge in [-0.25, -0.2) is 4.39 Å². The lowest BCUT2D eigenvalue weighted by Crippen LogP contribution is -2.56. The van der Waals surface area contributed by atoms with Crippen LogP contribution in [0.5, 0.6) is 0 Å². The number of Topliss-reactive ketones (excluding diaryl/α,β-unsaturated/α-hetero) is 1. The molecule has 140 valence electrons. The van der Waals surface area contributed by atoms with Gasteiger partial charge >= 0.3 is 0 Å². The van der Waals surface area contributed by atoms with E-state index in [9.17, 15) is 9.18 Å². The first kappa shape index (κ1) is 17.5. The van der Waals surface area contributed by atoms with Crippen LogP contribution in [0.4, 0.5) is 4.39 Å². The molecule has 1 N–H and O–H groups in total. The Labute approximate surface area is 153 Å². The Morgan fingerprint density at radius 2 is 2.08 bits per heavy atom. The first-order valence-corrected chi connectivity index (χ1v) is 9.19. The normalized spacial score (nSPS) is 24.4. The molecular formula is C19H25FN4O2. The summed E-state index contributed by atoms with van der Waals surface area (Å²) in [5.74, 6) is -0.0610. The minimum Gasteiger partial charge on any atom is -0.378 e. The van der Waals surface area contributed by atoms with Crippen LogP contribution >= 0.6 is 0 Å². The fourth-order valence-corrected chi connectivity index (χ4v) is 3.78. The van der Waals surface area contributed by atoms with E-state index in [1.54, 1.807) is 12.1 Å². The monoisotopic (exact) mass is 360 g/mol. The Hall–Kier alpha value is -1.96. The van der Waals surface area contributed by atoms with Crippen molar-refractivity contribution in [2.24, 2.45) is 0 Å². The van der Waals surface area contributed by atoms with Gasteiger partial charge in [0.2, 0.25) is 0 Å². The molecule has 0 radical (unpaired) electrons. The zero-order valence-corrected chi connectivity index (χ0v) is 14.9. The van der Waals surface area contributed by atoms with Gasteiger partial charge in [0.05, 0.1) is 32.1 Å². The molecule has 1 atom stereocenters. The van der Waals surface area contributed by atoms with E-state index in [1.165, 1.54) is 12.1 Å². The van der Waals surface area contributed by atoms with E-state index in [0.29, 0.717) is 25.7 Å². The molecule has 0 amide bonds. The summed E-state index contributed by atoms with van der Waals surface area (Å²) < 4.78 is 18.6. The van der Waals surface area contributed by atoms with Gasteiger partial charge in [0.25, 0.3) is 0 Å². The van der Waals surface area contributed by atoms with Gasteiger partial charge in [0.15, 0.2) is 5.78 Å². The van der Waals surface area contributed by atoms with Crippen molar-refractivity contribution < 1.29 is 13.9 Å². The summed E-state index contributed by atoms with van der Waals surface area (Å²) in [7, 11) is 0. The van der Waals surface area contributed by atoms with E-state index in [-0.39, 0.29) is 11.6 Å². The molecule has 0 aliphatic carbocycles. The molecule has 3 aliphatic rings. The van der Waals surface area contributed by atoms with E-state index >= 15 is 0 Å². The summed E-state index contributed by atoms with van der Waals surface area (Å²) in [5, 5.41) is 3.45. The predicted octanol–water partition coefficient (Wildman–Crippen LogP) is 0.615. The smallest absolute Gasteiger partial charge is 0.194 e. The van der Waals surface area contributed by atoms with Crippen LogP contribution in [-0.4, -0.2) is 79.1 Å². The number of rotatable bonds is 4. The van der Waals surface area contributed by atoms with Crippen molar-refractivity contribution in [3.8, 4) is 0 Å². The van der Waals surface area contributed by atoms with Crippen LogP contribution in [0.25, 0.3) is 0 Å². The highest BCUT2D eigenvalue weighted by molar-refractivity contribution is 5.97. The molecule has 2 saturated heterocycles. The van der Waals surface area contributed by atoms with Crippen LogP contribution in [0.3, 0.4) is 0 Å². The molecule has 2 fully saturated rings. The fourth-order valence-electron chi connectivity index (χ4n) is 3.78. The van der Waals surface area contributed by atoms with Crippen molar-refractivity contribution in [1.82, 2.24) is 20.0 Å². The lowest BCUT2D eigenvalue weighted by Gasteiger charge is -2.43. The summed E-state index contributed by atoms with van der Waals surface area (Å²) in [6.45, 7) is 6.77. The zero-order valence-electron chi connectivity index (χ0n) is 14.9. The minimum absolute atomic E-state index is 0.164. The number of hydrogen-bond donors (Lipinski definition) is 1. The number of halogens is 1. The average molecular weight is 360 g/mol. The van der Waals surface area contributed by atoms with Crippen LogP contribution in [0.2, 0.25) is 0 Å². The number of nitrogens with one attached hydrogen (secondary N) is 1. The van der Waals surface area contributed by atoms with Crippen molar-refractivity contribution in [1.29, 1.82) is 0 Å². The molecule has 4 rings (SSSR count). The predicted molar refractivity (Wildman–Crippen MR) is 95.7 cm³/mol. The number of nitrogens with zero attached hydrogens (tertiary/aromatic N) is 3. The van der Waals surface area contributed by atoms with E-state index in [1.807, 2.05) is 6.20 Å². The lowest BCUT2D eigenvalue weighted by molar-refractivity contribution is -0.122. The first-order valence-electron chi connectivity index (χ1n) is 9.19. The number of hydrogen-bond acceptors (Lipinski definition) is 6. The Balaban J connectivity index is 1.37. The average Bonchev–Trinajstić information content (AvgIpc) is 2.65. The molecule has 7 heteroatoms. The van der Waals surface area contributed by atoms with Crippen LogP contribution in [0.15, 0.2) is 36.2 Å². The third kappa shape index (κ3) is 4.06. The van der Waals surface area contributed by atoms with Gasteiger partial charge in [0.1, 0.15) is 5.82 Å². The maximum absolute atomic E-state index is 13.0. The van der Waals surface area contributed by atoms with Gasteiger partial charge in [-0.15, -0.1) is 0 Å². The molecule has 0 bridgehead atoms. The van der Waals surface area contributed by atoms with Crippen LogP contribution in [0.1, 0.15) is 5.56 Å². The Morgan fingerprint density at radius 3 is 2.85 bits per heavy atom. The summed E-state index contributed by atoms with van der Waals surface area (Å²) in [6.07, 6.45) is 1.97. The van der Waals surface area contributed by atoms with E-state index in [4.69, 9.17) is 4.74 Å². The second-order valence-corrected chi connectivity index (χ2v) is 7.18. The van der Waals surface area contributed by atoms with Crippen molar-refractivity contribution in [3.05, 3.63) is 47.5 Å². The Kier molecular flexibility index (Phi) is 5.19. The van der Waals surface area contributed by atoms with E-state index < -0.39 is 0 Å². The van der Waals surface area contributed by atoms with Gasteiger partial charge in [-0.1, -0.05) is 12.1 Å². The second kappa shape index (κ2) is 7.73. The number of morpholine rings is 1. The molecule has 1 unspecified atom stereocenters. The molecule has 3 aliphatic heterocycles. The molecule has 0 saturated carbocycles. The van der Waals surface area contributed by atoms with Crippen LogP contribution < -0.4 is 5.32 Å². The number of benzene rings is 1. The molecule has 26 heavy (non-hydrogen) atoms. The zero-order chi connectivity index (χ0) is 17.9. The molecule has 0 aromatic heterocycles. The van der Waals surface area contributed by atoms with Crippen LogP contribution in [-0.2, 0) is 16.1 Å². The third-order valence-electron chi connectivity index (χ3n) is 5.10. The summed E-state index contributed by atoms with van der Waals surface area (Å²) in [5.41, 5.74) is 1.84. The summed E-state index contributed by atoms with van der Waals surface area (Å²) in [4.78, 5) is 19.1. The maximum Gasteiger partial charge on any atom is 0.194 e. The van der Waals surface area contributed by atoms with E-state index in [0.717, 1.165) is 50.7 Å². The summed E-state index contributed by atoms with van der Waals surface area (Å²) >= 11 is 0. The highest BCUT2D eigenvalue weighted by atomic mass is 19.1. The molecule has 0 spiro atoms. The Morgan fingerprint density at radius 1 is 1.23 bits per heavy atom. The van der Waals surface area contributed by atoms with Gasteiger partial charge in [-0.3, -0.25) is 9.69 Å². The summed E-state index contributed by atoms with van der Waals surface area (Å²) in [6, 6.07) is 6.84. The second-order valence-electron chi connectivity index (χ2n) is 7.18. The topological polar surface area (TPSA) is 48.1 Å². The number of carbonyl (C=O) groups excluding carboxylic acids is 1. The standard InChI is InChI=1S/C19H25FN4O2/c20-16-3-1-15(2-4-16)9-22-6-7-24-14-23(12-19(25)18(24)11-22)10-17-13-26-8-5-21-17/h1-4,11,17,21H,5-10,12-14H2. The minimum atomic E-state index is -0.225. The first-order chi connectivity index (χ1) is 12.7. The van der Waals surface area contributed by atoms with Crippen LogP contribution in [0, 0.1) is 5.82 Å². The number of carbonyl (C=O) groups is 1. The van der Waals surface area contributed by atoms with Crippen molar-refractivity contribution in [2.45, 2.75) is 12.6 Å². The van der Waals surface area contributed by atoms with Gasteiger partial charge in [-0.05, 0) is 17.7 Å². The SMILES string of the molecule is O=C1CN(CC2COCCN2)CN2CCN(Cc3ccc(F)cc3)C=C12. The molecule has 6 nitrogen and oxygen atoms in total. The molecule has 1 aromatic carbocycles. The van der Waals surface area contributed by atoms with Gasteiger partial charge in [-0.2, -0.15) is 0 Å². The fraction of sp³-hybridized carbons (Fsp3) is 0.526. The number of fused-ring (bicyclic) bond motifs is 1. The maximum atomic E-state index is 13.0. The number of ether oxygens (including phenoxy) is 1. The van der Waals surface area contributed by atoms with Crippen molar-refractivity contribution in [2.75, 3.05) is 52.6 Å². The Bertz CT molecular complexity index is 673. The third-order valence-corrected chi connectivity index (χ3v) is 5.10. The lowest BCUT2D eigenvalue weighted by atomic mass is 10.1. The van der Waals surface area contributed by atoms with E-state index in [2.05, 4.69) is 20.0 Å². The molecule has 3 heterocycles.